The maximum absolute atomic E-state index is 10.4. The number of carbonyl (C=O) groups excluding carboxylic acids is 1. The second-order valence-electron chi connectivity index (χ2n) is 2.92. The molecule has 0 aliphatic carbocycles. The average Bonchev–Trinajstić information content (AvgIpc) is 2.70. The van der Waals surface area contributed by atoms with Crippen LogP contribution < -0.4 is 0 Å². The van der Waals surface area contributed by atoms with Crippen molar-refractivity contribution in [2.45, 2.75) is 0 Å². The van der Waals surface area contributed by atoms with Crippen LogP contribution >= 0.6 is 23.2 Å². The van der Waals surface area contributed by atoms with Crippen LogP contribution in [0.5, 0.6) is 0 Å². The molecule has 5 heteroatoms. The number of nitrogens with one attached hydrogen (secondary N) is 1. The summed E-state index contributed by atoms with van der Waals surface area (Å²) in [7, 11) is 0. The van der Waals surface area contributed by atoms with Gasteiger partial charge in [-0.3, -0.25) is 4.79 Å². The minimum Gasteiger partial charge on any atom is -0.344 e. The number of aromatic nitrogens is 2. The molecule has 3 nitrogen and oxygen atoms in total. The molecule has 1 aromatic carbocycles. The van der Waals surface area contributed by atoms with E-state index >= 15 is 0 Å². The van der Waals surface area contributed by atoms with Crippen LogP contribution in [-0.2, 0) is 0 Å². The van der Waals surface area contributed by atoms with Crippen LogP contribution in [0.15, 0.2) is 24.4 Å². The Labute approximate surface area is 96.1 Å². The first-order valence-corrected chi connectivity index (χ1v) is 4.92. The quantitative estimate of drug-likeness (QED) is 0.820. The predicted octanol–water partition coefficient (Wildman–Crippen LogP) is 3.20. The molecular formula is C10H6Cl2N2O. The Balaban J connectivity index is 2.44. The first-order valence-electron chi connectivity index (χ1n) is 4.16. The molecule has 1 heterocycles. The standard InChI is InChI=1S/C10H6Cl2N2O/c11-8-2-1-6(3-9(8)12)10-13-4-7(5-15)14-10/h1-5H,(H,13,14). The predicted molar refractivity (Wildman–Crippen MR) is 59.4 cm³/mol. The largest absolute Gasteiger partial charge is 0.344 e. The second-order valence-corrected chi connectivity index (χ2v) is 3.74. The molecule has 0 radical (unpaired) electrons. The molecule has 0 atom stereocenters. The molecule has 0 saturated heterocycles. The molecule has 0 amide bonds. The van der Waals surface area contributed by atoms with Gasteiger partial charge in [0.2, 0.25) is 0 Å². The van der Waals surface area contributed by atoms with Crippen molar-refractivity contribution in [1.82, 2.24) is 9.97 Å². The van der Waals surface area contributed by atoms with Crippen LogP contribution in [0, 0.1) is 0 Å². The van der Waals surface area contributed by atoms with E-state index < -0.39 is 0 Å². The fraction of sp³-hybridized carbons (Fsp3) is 0. The number of H-pyrrole nitrogens is 1. The van der Waals surface area contributed by atoms with Crippen molar-refractivity contribution in [1.29, 1.82) is 0 Å². The van der Waals surface area contributed by atoms with Gasteiger partial charge in [0, 0.05) is 11.8 Å². The Morgan fingerprint density at radius 1 is 1.27 bits per heavy atom. The molecule has 0 saturated carbocycles. The number of benzene rings is 1. The molecule has 0 aliphatic heterocycles. The highest BCUT2D eigenvalue weighted by Gasteiger charge is 2.05. The molecule has 1 N–H and O–H groups in total. The van der Waals surface area contributed by atoms with E-state index in [0.717, 1.165) is 5.56 Å². The summed E-state index contributed by atoms with van der Waals surface area (Å²) in [6, 6.07) is 5.15. The van der Waals surface area contributed by atoms with Gasteiger partial charge in [-0.05, 0) is 18.2 Å². The number of nitrogens with zero attached hydrogens (tertiary/aromatic N) is 1. The third-order valence-electron chi connectivity index (χ3n) is 1.91. The molecule has 0 spiro atoms. The van der Waals surface area contributed by atoms with Gasteiger partial charge in [-0.25, -0.2) is 4.98 Å². The number of halogens is 2. The van der Waals surface area contributed by atoms with Crippen molar-refractivity contribution in [3.05, 3.63) is 40.1 Å². The molecule has 0 bridgehead atoms. The lowest BCUT2D eigenvalue weighted by Crippen LogP contribution is -1.82. The van der Waals surface area contributed by atoms with E-state index in [2.05, 4.69) is 9.97 Å². The molecule has 2 rings (SSSR count). The molecule has 0 unspecified atom stereocenters. The fourth-order valence-corrected chi connectivity index (χ4v) is 1.49. The monoisotopic (exact) mass is 240 g/mol. The Morgan fingerprint density at radius 3 is 2.67 bits per heavy atom. The van der Waals surface area contributed by atoms with E-state index in [1.54, 1.807) is 18.2 Å². The van der Waals surface area contributed by atoms with Crippen molar-refractivity contribution in [2.24, 2.45) is 0 Å². The van der Waals surface area contributed by atoms with Crippen LogP contribution in [0.1, 0.15) is 10.5 Å². The summed E-state index contributed by atoms with van der Waals surface area (Å²) in [5, 5.41) is 0.945. The SMILES string of the molecule is O=Cc1c[nH]c(-c2ccc(Cl)c(Cl)c2)n1. The van der Waals surface area contributed by atoms with Gasteiger partial charge in [-0.1, -0.05) is 23.2 Å². The minimum absolute atomic E-state index is 0.357. The number of aromatic amines is 1. The Bertz CT molecular complexity index is 508. The van der Waals surface area contributed by atoms with Gasteiger partial charge in [0.25, 0.3) is 0 Å². The van der Waals surface area contributed by atoms with E-state index in [9.17, 15) is 4.79 Å². The summed E-state index contributed by atoms with van der Waals surface area (Å²) < 4.78 is 0. The third kappa shape index (κ3) is 2.03. The van der Waals surface area contributed by atoms with Crippen molar-refractivity contribution in [3.63, 3.8) is 0 Å². The normalized spacial score (nSPS) is 10.3. The molecule has 1 aromatic heterocycles. The number of hydrogen-bond donors (Lipinski definition) is 1. The number of hydrogen-bond acceptors (Lipinski definition) is 2. The molecule has 0 aliphatic rings. The van der Waals surface area contributed by atoms with E-state index in [1.807, 2.05) is 0 Å². The zero-order valence-corrected chi connectivity index (χ0v) is 9.01. The zero-order valence-electron chi connectivity index (χ0n) is 7.50. The number of aldehydes is 1. The van der Waals surface area contributed by atoms with Gasteiger partial charge >= 0.3 is 0 Å². The van der Waals surface area contributed by atoms with Gasteiger partial charge in [0.05, 0.1) is 10.0 Å². The average molecular weight is 241 g/mol. The van der Waals surface area contributed by atoms with Crippen LogP contribution in [0.25, 0.3) is 11.4 Å². The van der Waals surface area contributed by atoms with Gasteiger partial charge in [-0.15, -0.1) is 0 Å². The molecule has 76 valence electrons. The highest BCUT2D eigenvalue weighted by Crippen LogP contribution is 2.26. The molecule has 2 aromatic rings. The van der Waals surface area contributed by atoms with Gasteiger partial charge in [-0.2, -0.15) is 0 Å². The summed E-state index contributed by atoms with van der Waals surface area (Å²) in [4.78, 5) is 17.4. The maximum atomic E-state index is 10.4. The van der Waals surface area contributed by atoms with Gasteiger partial charge in [0.15, 0.2) is 6.29 Å². The summed E-state index contributed by atoms with van der Waals surface area (Å²) in [5.74, 6) is 0.593. The fourth-order valence-electron chi connectivity index (χ4n) is 1.19. The van der Waals surface area contributed by atoms with Gasteiger partial charge < -0.3 is 4.98 Å². The van der Waals surface area contributed by atoms with Gasteiger partial charge in [0.1, 0.15) is 11.5 Å². The zero-order chi connectivity index (χ0) is 10.8. The number of carbonyl (C=O) groups is 1. The van der Waals surface area contributed by atoms with E-state index in [4.69, 9.17) is 23.2 Å². The van der Waals surface area contributed by atoms with Crippen LogP contribution in [0.4, 0.5) is 0 Å². The smallest absolute Gasteiger partial charge is 0.170 e. The summed E-state index contributed by atoms with van der Waals surface area (Å²) >= 11 is 11.6. The third-order valence-corrected chi connectivity index (χ3v) is 2.65. The summed E-state index contributed by atoms with van der Waals surface area (Å²) in [6.07, 6.45) is 2.21. The Hall–Kier alpha value is -1.32. The highest BCUT2D eigenvalue weighted by atomic mass is 35.5. The topological polar surface area (TPSA) is 45.8 Å². The number of rotatable bonds is 2. The van der Waals surface area contributed by atoms with Crippen molar-refractivity contribution in [2.75, 3.05) is 0 Å². The Morgan fingerprint density at radius 2 is 2.07 bits per heavy atom. The first-order chi connectivity index (χ1) is 7.20. The van der Waals surface area contributed by atoms with Crippen LogP contribution in [0.2, 0.25) is 10.0 Å². The van der Waals surface area contributed by atoms with Crippen molar-refractivity contribution >= 4 is 29.5 Å². The number of imidazole rings is 1. The summed E-state index contributed by atoms with van der Waals surface area (Å²) in [5.41, 5.74) is 1.15. The minimum atomic E-state index is 0.357. The molecule has 0 fully saturated rings. The first kappa shape index (κ1) is 10.2. The van der Waals surface area contributed by atoms with Crippen molar-refractivity contribution in [3.8, 4) is 11.4 Å². The van der Waals surface area contributed by atoms with Crippen LogP contribution in [0.3, 0.4) is 0 Å². The second kappa shape index (κ2) is 4.04. The lowest BCUT2D eigenvalue weighted by Gasteiger charge is -1.99. The lowest BCUT2D eigenvalue weighted by molar-refractivity contribution is 0.111. The van der Waals surface area contributed by atoms with E-state index in [1.165, 1.54) is 6.20 Å². The lowest BCUT2D eigenvalue weighted by atomic mass is 10.2. The van der Waals surface area contributed by atoms with E-state index in [-0.39, 0.29) is 0 Å². The Kier molecular flexibility index (Phi) is 2.75. The van der Waals surface area contributed by atoms with Crippen molar-refractivity contribution < 1.29 is 4.79 Å². The van der Waals surface area contributed by atoms with E-state index in [0.29, 0.717) is 27.8 Å². The molecule has 15 heavy (non-hydrogen) atoms. The molecular weight excluding hydrogens is 235 g/mol. The maximum Gasteiger partial charge on any atom is 0.170 e. The highest BCUT2D eigenvalue weighted by molar-refractivity contribution is 6.42. The summed E-state index contributed by atoms with van der Waals surface area (Å²) in [6.45, 7) is 0. The van der Waals surface area contributed by atoms with Crippen LogP contribution in [-0.4, -0.2) is 16.3 Å².